The third-order valence-electron chi connectivity index (χ3n) is 1.49. The van der Waals surface area contributed by atoms with Crippen LogP contribution in [-0.2, 0) is 0 Å². The first-order valence-corrected chi connectivity index (χ1v) is 4.34. The topological polar surface area (TPSA) is 12.9 Å². The molecule has 0 radical (unpaired) electrons. The Morgan fingerprint density at radius 1 is 1.17 bits per heavy atom. The van der Waals surface area contributed by atoms with Crippen LogP contribution in [0.4, 0.5) is 4.39 Å². The summed E-state index contributed by atoms with van der Waals surface area (Å²) in [6, 6.07) is 8.79. The third kappa shape index (κ3) is 1.36. The van der Waals surface area contributed by atoms with Crippen LogP contribution in [0.1, 0.15) is 0 Å². The highest BCUT2D eigenvalue weighted by Crippen LogP contribution is 2.24. The van der Waals surface area contributed by atoms with Crippen LogP contribution in [0.2, 0.25) is 0 Å². The van der Waals surface area contributed by atoms with E-state index in [1.165, 1.54) is 6.07 Å². The quantitative estimate of drug-likeness (QED) is 0.655. The lowest BCUT2D eigenvalue weighted by Gasteiger charge is -1.92. The molecule has 1 nitrogen and oxygen atoms in total. The van der Waals surface area contributed by atoms with Crippen LogP contribution in [0.15, 0.2) is 36.5 Å². The second-order valence-electron chi connectivity index (χ2n) is 2.32. The number of nitrogens with zero attached hydrogens (tertiary/aromatic N) is 1. The summed E-state index contributed by atoms with van der Waals surface area (Å²) >= 11 is 1.11. The molecule has 0 aliphatic rings. The van der Waals surface area contributed by atoms with Gasteiger partial charge in [-0.3, -0.25) is 4.98 Å². The lowest BCUT2D eigenvalue weighted by Crippen LogP contribution is -1.75. The molecule has 0 aliphatic carbocycles. The van der Waals surface area contributed by atoms with E-state index in [4.69, 9.17) is 0 Å². The van der Waals surface area contributed by atoms with Gasteiger partial charge in [0.1, 0.15) is 0 Å². The van der Waals surface area contributed by atoms with E-state index in [1.54, 1.807) is 12.3 Å². The Labute approximate surface area is 73.5 Å². The minimum absolute atomic E-state index is 0.171. The highest BCUT2D eigenvalue weighted by Gasteiger charge is 2.01. The van der Waals surface area contributed by atoms with Crippen molar-refractivity contribution in [2.45, 2.75) is 0 Å². The Morgan fingerprint density at radius 2 is 2.08 bits per heavy atom. The highest BCUT2D eigenvalue weighted by molar-refractivity contribution is 7.13. The predicted molar refractivity (Wildman–Crippen MR) is 47.5 cm³/mol. The molecule has 0 aliphatic heterocycles. The molecule has 3 heteroatoms. The van der Waals surface area contributed by atoms with Crippen molar-refractivity contribution in [3.63, 3.8) is 0 Å². The predicted octanol–water partition coefficient (Wildman–Crippen LogP) is 2.95. The normalized spacial score (nSPS) is 10.1. The fraction of sp³-hybridized carbons (Fsp3) is 0. The van der Waals surface area contributed by atoms with Gasteiger partial charge in [0.05, 0.1) is 10.6 Å². The summed E-state index contributed by atoms with van der Waals surface area (Å²) in [5.41, 5.74) is 0.825. The van der Waals surface area contributed by atoms with Crippen LogP contribution in [0.3, 0.4) is 0 Å². The van der Waals surface area contributed by atoms with Crippen molar-refractivity contribution in [1.82, 2.24) is 4.98 Å². The van der Waals surface area contributed by atoms with E-state index in [1.807, 2.05) is 18.2 Å². The van der Waals surface area contributed by atoms with Crippen LogP contribution in [0.25, 0.3) is 10.6 Å². The summed E-state index contributed by atoms with van der Waals surface area (Å²) < 4.78 is 12.6. The Kier molecular flexibility index (Phi) is 1.87. The average molecular weight is 179 g/mol. The number of halogens is 1. The van der Waals surface area contributed by atoms with Gasteiger partial charge in [0.2, 0.25) is 0 Å². The van der Waals surface area contributed by atoms with E-state index < -0.39 is 0 Å². The van der Waals surface area contributed by atoms with Gasteiger partial charge >= 0.3 is 0 Å². The molecular weight excluding hydrogens is 173 g/mol. The Balaban J connectivity index is 2.45. The second kappa shape index (κ2) is 3.03. The summed E-state index contributed by atoms with van der Waals surface area (Å²) in [4.78, 5) is 4.97. The van der Waals surface area contributed by atoms with E-state index in [9.17, 15) is 4.39 Å². The molecule has 0 aromatic carbocycles. The average Bonchev–Trinajstić information content (AvgIpc) is 2.54. The molecule has 60 valence electrons. The molecule has 0 atom stereocenters. The zero-order valence-corrected chi connectivity index (χ0v) is 7.01. The molecule has 2 rings (SSSR count). The van der Waals surface area contributed by atoms with E-state index in [0.717, 1.165) is 21.9 Å². The van der Waals surface area contributed by atoms with Gasteiger partial charge in [-0.25, -0.2) is 0 Å². The van der Waals surface area contributed by atoms with E-state index >= 15 is 0 Å². The zero-order valence-electron chi connectivity index (χ0n) is 6.20. The van der Waals surface area contributed by atoms with Gasteiger partial charge in [0.15, 0.2) is 5.13 Å². The summed E-state index contributed by atoms with van der Waals surface area (Å²) in [5, 5.41) is -0.171. The van der Waals surface area contributed by atoms with Gasteiger partial charge in [-0.2, -0.15) is 4.39 Å². The molecule has 0 spiro atoms. The first-order chi connectivity index (χ1) is 5.86. The molecule has 0 fully saturated rings. The summed E-state index contributed by atoms with van der Waals surface area (Å²) in [5.74, 6) is 0. The van der Waals surface area contributed by atoms with Crippen molar-refractivity contribution in [3.05, 3.63) is 41.7 Å². The lowest BCUT2D eigenvalue weighted by atomic mass is 10.3. The Bertz CT molecular complexity index is 369. The molecule has 0 saturated carbocycles. The lowest BCUT2D eigenvalue weighted by molar-refractivity contribution is 0.657. The number of hydrogen-bond donors (Lipinski definition) is 0. The van der Waals surface area contributed by atoms with Gasteiger partial charge in [0, 0.05) is 6.20 Å². The van der Waals surface area contributed by atoms with Crippen molar-refractivity contribution in [3.8, 4) is 10.6 Å². The van der Waals surface area contributed by atoms with Crippen molar-refractivity contribution in [1.29, 1.82) is 0 Å². The minimum atomic E-state index is -0.171. The standard InChI is InChI=1S/C9H6FNS/c10-9-5-4-8(12-9)7-3-1-2-6-11-7/h1-6H. The van der Waals surface area contributed by atoms with Gasteiger partial charge in [0.25, 0.3) is 0 Å². The maximum atomic E-state index is 12.6. The zero-order chi connectivity index (χ0) is 8.39. The fourth-order valence-corrected chi connectivity index (χ4v) is 1.67. The molecular formula is C9H6FNS. The molecule has 2 aromatic heterocycles. The molecule has 0 bridgehead atoms. The first kappa shape index (κ1) is 7.43. The van der Waals surface area contributed by atoms with Gasteiger partial charge in [-0.05, 0) is 24.3 Å². The monoisotopic (exact) mass is 179 g/mol. The van der Waals surface area contributed by atoms with Crippen molar-refractivity contribution >= 4 is 11.3 Å². The van der Waals surface area contributed by atoms with Crippen molar-refractivity contribution in [2.75, 3.05) is 0 Å². The molecule has 2 aromatic rings. The minimum Gasteiger partial charge on any atom is -0.255 e. The second-order valence-corrected chi connectivity index (χ2v) is 3.35. The SMILES string of the molecule is Fc1ccc(-c2ccccn2)s1. The Morgan fingerprint density at radius 3 is 2.67 bits per heavy atom. The molecule has 0 amide bonds. The first-order valence-electron chi connectivity index (χ1n) is 3.53. The number of hydrogen-bond acceptors (Lipinski definition) is 2. The number of aromatic nitrogens is 1. The molecule has 0 unspecified atom stereocenters. The van der Waals surface area contributed by atoms with Gasteiger partial charge in [-0.1, -0.05) is 6.07 Å². The molecule has 0 N–H and O–H groups in total. The van der Waals surface area contributed by atoms with E-state index in [0.29, 0.717) is 0 Å². The highest BCUT2D eigenvalue weighted by atomic mass is 32.1. The smallest absolute Gasteiger partial charge is 0.177 e. The Hall–Kier alpha value is -1.22. The summed E-state index contributed by atoms with van der Waals surface area (Å²) in [6.07, 6.45) is 1.70. The molecule has 2 heterocycles. The van der Waals surface area contributed by atoms with Crippen molar-refractivity contribution < 1.29 is 4.39 Å². The van der Waals surface area contributed by atoms with E-state index in [2.05, 4.69) is 4.98 Å². The number of thiophene rings is 1. The number of rotatable bonds is 1. The van der Waals surface area contributed by atoms with Crippen LogP contribution in [0, 0.1) is 5.13 Å². The van der Waals surface area contributed by atoms with Crippen molar-refractivity contribution in [2.24, 2.45) is 0 Å². The van der Waals surface area contributed by atoms with Crippen LogP contribution in [-0.4, -0.2) is 4.98 Å². The molecule has 0 saturated heterocycles. The summed E-state index contributed by atoms with van der Waals surface area (Å²) in [6.45, 7) is 0. The van der Waals surface area contributed by atoms with Gasteiger partial charge in [-0.15, -0.1) is 11.3 Å². The molecule has 12 heavy (non-hydrogen) atoms. The fourth-order valence-electron chi connectivity index (χ4n) is 0.960. The summed E-state index contributed by atoms with van der Waals surface area (Å²) in [7, 11) is 0. The van der Waals surface area contributed by atoms with E-state index in [-0.39, 0.29) is 5.13 Å². The third-order valence-corrected chi connectivity index (χ3v) is 2.39. The maximum absolute atomic E-state index is 12.6. The van der Waals surface area contributed by atoms with Crippen LogP contribution in [0.5, 0.6) is 0 Å². The van der Waals surface area contributed by atoms with Crippen LogP contribution < -0.4 is 0 Å². The largest absolute Gasteiger partial charge is 0.255 e. The van der Waals surface area contributed by atoms with Gasteiger partial charge < -0.3 is 0 Å². The number of pyridine rings is 1. The van der Waals surface area contributed by atoms with Crippen LogP contribution >= 0.6 is 11.3 Å². The maximum Gasteiger partial charge on any atom is 0.177 e.